The van der Waals surface area contributed by atoms with E-state index in [1.165, 1.54) is 25.8 Å². The Bertz CT molecular complexity index is 175. The molecule has 0 aromatic carbocycles. The molecule has 2 aliphatic heterocycles. The first-order valence-corrected chi connectivity index (χ1v) is 6.35. The van der Waals surface area contributed by atoms with Gasteiger partial charge in [0.25, 0.3) is 0 Å². The van der Waals surface area contributed by atoms with Crippen LogP contribution < -0.4 is 0 Å². The summed E-state index contributed by atoms with van der Waals surface area (Å²) in [4.78, 5) is 2.74. The molecule has 1 nitrogen and oxygen atoms in total. The van der Waals surface area contributed by atoms with E-state index in [1.807, 2.05) is 0 Å². The summed E-state index contributed by atoms with van der Waals surface area (Å²) >= 11 is 0. The van der Waals surface area contributed by atoms with Gasteiger partial charge in [0.05, 0.1) is 0 Å². The van der Waals surface area contributed by atoms with Gasteiger partial charge < -0.3 is 0 Å². The Hall–Kier alpha value is -0.0400. The highest BCUT2D eigenvalue weighted by molar-refractivity contribution is 4.94. The van der Waals surface area contributed by atoms with Gasteiger partial charge in [-0.2, -0.15) is 0 Å². The zero-order valence-electron chi connectivity index (χ0n) is 10.2. The Morgan fingerprint density at radius 3 is 2.21 bits per heavy atom. The normalized spacial score (nSPS) is 38.6. The SMILES string of the molecule is CC(C)C1CC2CCC1CN2C(C)C. The second-order valence-electron chi connectivity index (χ2n) is 5.93. The summed E-state index contributed by atoms with van der Waals surface area (Å²) in [6.07, 6.45) is 4.43. The van der Waals surface area contributed by atoms with Gasteiger partial charge in [-0.25, -0.2) is 0 Å². The van der Waals surface area contributed by atoms with E-state index in [9.17, 15) is 0 Å². The first kappa shape index (κ1) is 10.5. The molecule has 0 amide bonds. The van der Waals surface area contributed by atoms with Gasteiger partial charge in [0.2, 0.25) is 0 Å². The molecule has 1 aliphatic carbocycles. The minimum absolute atomic E-state index is 0.760. The maximum absolute atomic E-state index is 2.74. The topological polar surface area (TPSA) is 3.24 Å². The van der Waals surface area contributed by atoms with Crippen LogP contribution in [0.4, 0.5) is 0 Å². The number of nitrogens with zero attached hydrogens (tertiary/aromatic N) is 1. The summed E-state index contributed by atoms with van der Waals surface area (Å²) < 4.78 is 0. The standard InChI is InChI=1S/C13H25N/c1-9(2)13-7-12-6-5-11(13)8-14(12)10(3)4/h9-13H,5-8H2,1-4H3. The smallest absolute Gasteiger partial charge is 0.0101 e. The van der Waals surface area contributed by atoms with Crippen molar-refractivity contribution in [3.05, 3.63) is 0 Å². The van der Waals surface area contributed by atoms with E-state index in [2.05, 4.69) is 32.6 Å². The van der Waals surface area contributed by atoms with Crippen LogP contribution in [-0.2, 0) is 0 Å². The predicted molar refractivity (Wildman–Crippen MR) is 61.3 cm³/mol. The van der Waals surface area contributed by atoms with Crippen molar-refractivity contribution in [3.63, 3.8) is 0 Å². The van der Waals surface area contributed by atoms with Gasteiger partial charge in [0, 0.05) is 18.6 Å². The van der Waals surface area contributed by atoms with E-state index in [0.717, 1.165) is 29.8 Å². The Kier molecular flexibility index (Phi) is 2.88. The van der Waals surface area contributed by atoms with Crippen molar-refractivity contribution in [2.24, 2.45) is 17.8 Å². The lowest BCUT2D eigenvalue weighted by atomic mass is 9.67. The monoisotopic (exact) mass is 195 g/mol. The molecule has 3 aliphatic rings. The lowest BCUT2D eigenvalue weighted by molar-refractivity contribution is -0.0287. The molecule has 0 aromatic rings. The molecule has 0 spiro atoms. The van der Waals surface area contributed by atoms with Crippen molar-refractivity contribution < 1.29 is 0 Å². The molecule has 0 N–H and O–H groups in total. The zero-order chi connectivity index (χ0) is 10.3. The van der Waals surface area contributed by atoms with Crippen LogP contribution >= 0.6 is 0 Å². The van der Waals surface area contributed by atoms with E-state index in [1.54, 1.807) is 0 Å². The number of rotatable bonds is 2. The number of fused-ring (bicyclic) bond motifs is 3. The first-order valence-electron chi connectivity index (χ1n) is 6.35. The molecule has 14 heavy (non-hydrogen) atoms. The minimum Gasteiger partial charge on any atom is -0.298 e. The Labute approximate surface area is 88.9 Å². The van der Waals surface area contributed by atoms with Gasteiger partial charge >= 0.3 is 0 Å². The molecule has 1 heteroatoms. The first-order chi connectivity index (χ1) is 6.59. The molecule has 2 bridgehead atoms. The van der Waals surface area contributed by atoms with E-state index in [-0.39, 0.29) is 0 Å². The van der Waals surface area contributed by atoms with Crippen molar-refractivity contribution >= 4 is 0 Å². The van der Waals surface area contributed by atoms with Gasteiger partial charge in [0.1, 0.15) is 0 Å². The molecular weight excluding hydrogens is 170 g/mol. The van der Waals surface area contributed by atoms with Crippen LogP contribution in [0.3, 0.4) is 0 Å². The van der Waals surface area contributed by atoms with Crippen LogP contribution in [0, 0.1) is 17.8 Å². The Balaban J connectivity index is 2.05. The van der Waals surface area contributed by atoms with Gasteiger partial charge in [-0.05, 0) is 50.9 Å². The maximum atomic E-state index is 2.74. The molecule has 2 heterocycles. The fourth-order valence-electron chi connectivity index (χ4n) is 3.64. The molecule has 0 radical (unpaired) electrons. The quantitative estimate of drug-likeness (QED) is 0.654. The highest BCUT2D eigenvalue weighted by Crippen LogP contribution is 2.43. The van der Waals surface area contributed by atoms with Crippen molar-refractivity contribution in [2.45, 2.75) is 59.0 Å². The molecule has 0 aromatic heterocycles. The van der Waals surface area contributed by atoms with Gasteiger partial charge in [-0.15, -0.1) is 0 Å². The molecule has 1 saturated carbocycles. The fraction of sp³-hybridized carbons (Fsp3) is 1.00. The third-order valence-electron chi connectivity index (χ3n) is 4.45. The van der Waals surface area contributed by atoms with Crippen molar-refractivity contribution in [1.29, 1.82) is 0 Å². The summed E-state index contributed by atoms with van der Waals surface area (Å²) in [5, 5.41) is 0. The van der Waals surface area contributed by atoms with E-state index < -0.39 is 0 Å². The van der Waals surface area contributed by atoms with Crippen LogP contribution in [0.5, 0.6) is 0 Å². The largest absolute Gasteiger partial charge is 0.298 e. The average Bonchev–Trinajstić information content (AvgIpc) is 2.18. The van der Waals surface area contributed by atoms with Crippen LogP contribution in [0.2, 0.25) is 0 Å². The Morgan fingerprint density at radius 1 is 1.07 bits per heavy atom. The molecule has 3 atom stereocenters. The Morgan fingerprint density at radius 2 is 1.79 bits per heavy atom. The maximum Gasteiger partial charge on any atom is 0.0101 e. The summed E-state index contributed by atoms with van der Waals surface area (Å²) in [6.45, 7) is 10.9. The number of piperidine rings is 2. The predicted octanol–water partition coefficient (Wildman–Crippen LogP) is 3.15. The van der Waals surface area contributed by atoms with E-state index in [4.69, 9.17) is 0 Å². The molecular formula is C13H25N. The van der Waals surface area contributed by atoms with Crippen molar-refractivity contribution in [3.8, 4) is 0 Å². The molecule has 3 unspecified atom stereocenters. The zero-order valence-corrected chi connectivity index (χ0v) is 10.2. The van der Waals surface area contributed by atoms with Crippen LogP contribution in [0.1, 0.15) is 47.0 Å². The van der Waals surface area contributed by atoms with Gasteiger partial charge in [-0.3, -0.25) is 4.90 Å². The van der Waals surface area contributed by atoms with Crippen molar-refractivity contribution in [2.75, 3.05) is 6.54 Å². The number of hydrogen-bond acceptors (Lipinski definition) is 1. The third-order valence-corrected chi connectivity index (χ3v) is 4.45. The lowest BCUT2D eigenvalue weighted by Gasteiger charge is -2.52. The van der Waals surface area contributed by atoms with Crippen LogP contribution in [0.25, 0.3) is 0 Å². The summed E-state index contributed by atoms with van der Waals surface area (Å²) in [7, 11) is 0. The fourth-order valence-corrected chi connectivity index (χ4v) is 3.64. The number of hydrogen-bond donors (Lipinski definition) is 0. The van der Waals surface area contributed by atoms with Gasteiger partial charge in [-0.1, -0.05) is 13.8 Å². The highest BCUT2D eigenvalue weighted by Gasteiger charge is 2.41. The second-order valence-corrected chi connectivity index (χ2v) is 5.93. The minimum atomic E-state index is 0.760. The highest BCUT2D eigenvalue weighted by atomic mass is 15.2. The van der Waals surface area contributed by atoms with E-state index >= 15 is 0 Å². The van der Waals surface area contributed by atoms with Gasteiger partial charge in [0.15, 0.2) is 0 Å². The second kappa shape index (κ2) is 3.84. The molecule has 2 saturated heterocycles. The van der Waals surface area contributed by atoms with Crippen molar-refractivity contribution in [1.82, 2.24) is 4.90 Å². The molecule has 82 valence electrons. The third kappa shape index (κ3) is 1.71. The molecule has 3 rings (SSSR count). The van der Waals surface area contributed by atoms with Crippen LogP contribution in [-0.4, -0.2) is 23.5 Å². The summed E-state index contributed by atoms with van der Waals surface area (Å²) in [6, 6.07) is 1.67. The molecule has 3 fully saturated rings. The lowest BCUT2D eigenvalue weighted by Crippen LogP contribution is -2.55. The van der Waals surface area contributed by atoms with E-state index in [0.29, 0.717) is 0 Å². The average molecular weight is 195 g/mol. The summed E-state index contributed by atoms with van der Waals surface area (Å²) in [5.41, 5.74) is 0. The summed E-state index contributed by atoms with van der Waals surface area (Å²) in [5.74, 6) is 2.92. The van der Waals surface area contributed by atoms with Crippen LogP contribution in [0.15, 0.2) is 0 Å².